The molecule has 0 aliphatic heterocycles. The highest BCUT2D eigenvalue weighted by Gasteiger charge is 2.20. The van der Waals surface area contributed by atoms with Crippen LogP contribution in [0, 0.1) is 5.82 Å². The van der Waals surface area contributed by atoms with E-state index in [0.717, 1.165) is 19.1 Å². The monoisotopic (exact) mass is 281 g/mol. The van der Waals surface area contributed by atoms with Gasteiger partial charge in [0.1, 0.15) is 5.82 Å². The third-order valence-electron chi connectivity index (χ3n) is 2.10. The van der Waals surface area contributed by atoms with Crippen molar-refractivity contribution in [3.63, 3.8) is 0 Å². The Morgan fingerprint density at radius 1 is 1.20 bits per heavy atom. The maximum Gasteiger partial charge on any atom is 0.365 e. The van der Waals surface area contributed by atoms with Gasteiger partial charge in [-0.25, -0.2) is 14.0 Å². The van der Waals surface area contributed by atoms with E-state index in [9.17, 15) is 18.8 Å². The van der Waals surface area contributed by atoms with Crippen LogP contribution < -0.4 is 0 Å². The van der Waals surface area contributed by atoms with Gasteiger partial charge in [-0.3, -0.25) is 4.79 Å². The molecule has 0 aliphatic carbocycles. The van der Waals surface area contributed by atoms with E-state index in [1.807, 2.05) is 0 Å². The number of ketones is 1. The van der Waals surface area contributed by atoms with Crippen molar-refractivity contribution in [2.75, 3.05) is 6.61 Å². The Bertz CT molecular complexity index is 550. The molecule has 0 bridgehead atoms. The molecule has 1 aromatic rings. The van der Waals surface area contributed by atoms with E-state index in [4.69, 9.17) is 0 Å². The van der Waals surface area contributed by atoms with Gasteiger partial charge in [0, 0.05) is 6.92 Å². The summed E-state index contributed by atoms with van der Waals surface area (Å²) in [6.45, 7) is 2.69. The van der Waals surface area contributed by atoms with Crippen LogP contribution >= 0.6 is 0 Å². The van der Waals surface area contributed by atoms with Crippen LogP contribution in [0.4, 0.5) is 4.39 Å². The molecule has 106 valence electrons. The second-order valence-electron chi connectivity index (χ2n) is 3.60. The highest BCUT2D eigenvalue weighted by atomic mass is 19.1. The van der Waals surface area contributed by atoms with Crippen LogP contribution in [-0.4, -0.2) is 30.0 Å². The standard InChI is InChI=1S/C13H12FNO5/c1-3-19-13(18)11(8(2)16)15-20-12(17)9-4-6-10(14)7-5-9/h4-7H,3H2,1-2H3. The van der Waals surface area contributed by atoms with Crippen molar-refractivity contribution in [2.45, 2.75) is 13.8 Å². The highest BCUT2D eigenvalue weighted by Crippen LogP contribution is 2.05. The summed E-state index contributed by atoms with van der Waals surface area (Å²) >= 11 is 0. The van der Waals surface area contributed by atoms with Crippen molar-refractivity contribution in [3.8, 4) is 0 Å². The molecule has 0 aromatic heterocycles. The van der Waals surface area contributed by atoms with Gasteiger partial charge in [-0.2, -0.15) is 0 Å². The molecule has 0 fully saturated rings. The zero-order valence-electron chi connectivity index (χ0n) is 10.9. The fourth-order valence-corrected chi connectivity index (χ4v) is 1.17. The number of nitrogens with zero attached hydrogens (tertiary/aromatic N) is 1. The minimum atomic E-state index is -0.980. The van der Waals surface area contributed by atoms with Gasteiger partial charge >= 0.3 is 11.9 Å². The molecule has 0 heterocycles. The maximum atomic E-state index is 12.7. The number of carbonyl (C=O) groups excluding carboxylic acids is 3. The lowest BCUT2D eigenvalue weighted by Gasteiger charge is -2.02. The second kappa shape index (κ2) is 7.13. The zero-order chi connectivity index (χ0) is 15.1. The number of hydrogen-bond acceptors (Lipinski definition) is 6. The summed E-state index contributed by atoms with van der Waals surface area (Å²) in [5.41, 5.74) is -0.593. The average Bonchev–Trinajstić information content (AvgIpc) is 2.39. The molecule has 6 nitrogen and oxygen atoms in total. The molecule has 0 spiro atoms. The molecule has 1 rings (SSSR count). The molecule has 1 aromatic carbocycles. The van der Waals surface area contributed by atoms with Crippen molar-refractivity contribution in [1.82, 2.24) is 0 Å². The summed E-state index contributed by atoms with van der Waals surface area (Å²) in [7, 11) is 0. The fraction of sp³-hybridized carbons (Fsp3) is 0.231. The molecule has 0 saturated carbocycles. The third-order valence-corrected chi connectivity index (χ3v) is 2.10. The van der Waals surface area contributed by atoms with E-state index in [0.29, 0.717) is 0 Å². The van der Waals surface area contributed by atoms with Crippen LogP contribution in [0.2, 0.25) is 0 Å². The lowest BCUT2D eigenvalue weighted by molar-refractivity contribution is -0.135. The number of hydrogen-bond donors (Lipinski definition) is 0. The maximum absolute atomic E-state index is 12.7. The molecule has 0 N–H and O–H groups in total. The van der Waals surface area contributed by atoms with Gasteiger partial charge in [-0.05, 0) is 31.2 Å². The van der Waals surface area contributed by atoms with Gasteiger partial charge in [-0.1, -0.05) is 5.16 Å². The molecule has 0 radical (unpaired) electrons. The number of rotatable bonds is 5. The molecule has 0 aliphatic rings. The summed E-state index contributed by atoms with van der Waals surface area (Å²) in [6, 6.07) is 4.51. The van der Waals surface area contributed by atoms with Crippen molar-refractivity contribution in [3.05, 3.63) is 35.6 Å². The van der Waals surface area contributed by atoms with Gasteiger partial charge in [0.2, 0.25) is 5.71 Å². The van der Waals surface area contributed by atoms with E-state index >= 15 is 0 Å². The molecule has 0 amide bonds. The predicted molar refractivity (Wildman–Crippen MR) is 66.6 cm³/mol. The van der Waals surface area contributed by atoms with Crippen molar-refractivity contribution < 1.29 is 28.3 Å². The van der Waals surface area contributed by atoms with E-state index in [2.05, 4.69) is 14.7 Å². The largest absolute Gasteiger partial charge is 0.461 e. The first-order chi connectivity index (χ1) is 9.45. The van der Waals surface area contributed by atoms with E-state index in [1.165, 1.54) is 12.1 Å². The minimum Gasteiger partial charge on any atom is -0.461 e. The summed E-state index contributed by atoms with van der Waals surface area (Å²) in [5.74, 6) is -3.11. The van der Waals surface area contributed by atoms with Crippen molar-refractivity contribution in [2.24, 2.45) is 5.16 Å². The minimum absolute atomic E-state index is 0.0295. The van der Waals surface area contributed by atoms with E-state index in [-0.39, 0.29) is 12.2 Å². The third kappa shape index (κ3) is 4.27. The molecular weight excluding hydrogens is 269 g/mol. The summed E-state index contributed by atoms with van der Waals surface area (Å²) in [5, 5.41) is 3.19. The van der Waals surface area contributed by atoms with E-state index < -0.39 is 29.3 Å². The number of esters is 1. The van der Waals surface area contributed by atoms with Gasteiger partial charge in [-0.15, -0.1) is 0 Å². The van der Waals surface area contributed by atoms with Crippen LogP contribution in [0.1, 0.15) is 24.2 Å². The Hall–Kier alpha value is -2.57. The Balaban J connectivity index is 2.82. The Morgan fingerprint density at radius 2 is 1.80 bits per heavy atom. The molecule has 0 saturated heterocycles. The molecule has 20 heavy (non-hydrogen) atoms. The SMILES string of the molecule is CCOC(=O)C(=NOC(=O)c1ccc(F)cc1)C(C)=O. The fourth-order valence-electron chi connectivity index (χ4n) is 1.17. The number of Topliss-reactive ketones (excluding diaryl/α,β-unsaturated/α-hetero) is 1. The van der Waals surface area contributed by atoms with Gasteiger partial charge in [0.05, 0.1) is 12.2 Å². The Labute approximate surface area is 114 Å². The van der Waals surface area contributed by atoms with Gasteiger partial charge < -0.3 is 9.57 Å². The lowest BCUT2D eigenvalue weighted by Crippen LogP contribution is -2.25. The van der Waals surface area contributed by atoms with Crippen LogP contribution in [0.5, 0.6) is 0 Å². The zero-order valence-corrected chi connectivity index (χ0v) is 10.9. The molecular formula is C13H12FNO5. The second-order valence-corrected chi connectivity index (χ2v) is 3.60. The number of halogens is 1. The highest BCUT2D eigenvalue weighted by molar-refractivity contribution is 6.63. The van der Waals surface area contributed by atoms with Crippen LogP contribution in [-0.2, 0) is 19.2 Å². The summed E-state index contributed by atoms with van der Waals surface area (Å²) in [4.78, 5) is 38.6. The van der Waals surface area contributed by atoms with Gasteiger partial charge in [0.15, 0.2) is 5.78 Å². The molecule has 0 atom stereocenters. The Morgan fingerprint density at radius 3 is 2.30 bits per heavy atom. The summed E-state index contributed by atoms with van der Waals surface area (Å²) in [6.07, 6.45) is 0. The number of benzene rings is 1. The van der Waals surface area contributed by atoms with Gasteiger partial charge in [0.25, 0.3) is 0 Å². The number of oxime groups is 1. The molecule has 7 heteroatoms. The van der Waals surface area contributed by atoms with Crippen molar-refractivity contribution >= 4 is 23.4 Å². The average molecular weight is 281 g/mol. The summed E-state index contributed by atoms with van der Waals surface area (Å²) < 4.78 is 17.3. The van der Waals surface area contributed by atoms with Crippen LogP contribution in [0.25, 0.3) is 0 Å². The Kier molecular flexibility index (Phi) is 5.52. The van der Waals surface area contributed by atoms with Crippen molar-refractivity contribution in [1.29, 1.82) is 0 Å². The smallest absolute Gasteiger partial charge is 0.365 e. The number of ether oxygens (including phenoxy) is 1. The quantitative estimate of drug-likeness (QED) is 0.268. The first-order valence-electron chi connectivity index (χ1n) is 5.68. The van der Waals surface area contributed by atoms with Crippen LogP contribution in [0.15, 0.2) is 29.4 Å². The predicted octanol–water partition coefficient (Wildman–Crippen LogP) is 1.49. The number of carbonyl (C=O) groups is 3. The topological polar surface area (TPSA) is 82.0 Å². The first kappa shape index (κ1) is 15.5. The first-order valence-corrected chi connectivity index (χ1v) is 5.68. The molecule has 0 unspecified atom stereocenters. The normalized spacial score (nSPS) is 10.8. The lowest BCUT2D eigenvalue weighted by atomic mass is 10.2. The van der Waals surface area contributed by atoms with Crippen LogP contribution in [0.3, 0.4) is 0 Å². The van der Waals surface area contributed by atoms with E-state index in [1.54, 1.807) is 6.92 Å².